The van der Waals surface area contributed by atoms with Crippen molar-refractivity contribution in [2.24, 2.45) is 0 Å². The predicted octanol–water partition coefficient (Wildman–Crippen LogP) is 4.75. The van der Waals surface area contributed by atoms with E-state index in [0.717, 1.165) is 59.0 Å². The van der Waals surface area contributed by atoms with Crippen LogP contribution in [0.2, 0.25) is 0 Å². The van der Waals surface area contributed by atoms with Gasteiger partial charge in [-0.25, -0.2) is 4.98 Å². The Hall–Kier alpha value is -3.38. The lowest BCUT2D eigenvalue weighted by Gasteiger charge is -2.20. The first-order valence-corrected chi connectivity index (χ1v) is 10.5. The SMILES string of the molecule is COc1cnc2c(Cc3ccc4nc(C5=CCC(OC)CC5)cnc4c3)ccnc2c1. The largest absolute Gasteiger partial charge is 0.495 e. The highest BCUT2D eigenvalue weighted by Gasteiger charge is 2.16. The average molecular weight is 412 g/mol. The molecule has 0 bridgehead atoms. The molecule has 0 radical (unpaired) electrons. The summed E-state index contributed by atoms with van der Waals surface area (Å²) in [6, 6.07) is 10.2. The number of rotatable bonds is 5. The van der Waals surface area contributed by atoms with Crippen molar-refractivity contribution in [2.45, 2.75) is 31.8 Å². The van der Waals surface area contributed by atoms with Gasteiger partial charge in [0.2, 0.25) is 0 Å². The highest BCUT2D eigenvalue weighted by molar-refractivity contribution is 5.80. The fourth-order valence-corrected chi connectivity index (χ4v) is 4.12. The highest BCUT2D eigenvalue weighted by atomic mass is 16.5. The van der Waals surface area contributed by atoms with Gasteiger partial charge in [-0.1, -0.05) is 12.1 Å². The normalized spacial score (nSPS) is 16.5. The van der Waals surface area contributed by atoms with Crippen LogP contribution in [0.5, 0.6) is 5.75 Å². The van der Waals surface area contributed by atoms with Crippen LogP contribution in [0.3, 0.4) is 0 Å². The van der Waals surface area contributed by atoms with E-state index in [-0.39, 0.29) is 0 Å². The Morgan fingerprint density at radius 2 is 1.90 bits per heavy atom. The molecule has 6 heteroatoms. The number of benzene rings is 1. The summed E-state index contributed by atoms with van der Waals surface area (Å²) in [4.78, 5) is 18.5. The van der Waals surface area contributed by atoms with E-state index in [1.807, 2.05) is 24.5 Å². The third kappa shape index (κ3) is 3.99. The molecule has 0 spiro atoms. The van der Waals surface area contributed by atoms with Gasteiger partial charge in [0.05, 0.1) is 53.4 Å². The van der Waals surface area contributed by atoms with E-state index in [1.165, 1.54) is 11.1 Å². The van der Waals surface area contributed by atoms with Gasteiger partial charge in [-0.3, -0.25) is 15.0 Å². The van der Waals surface area contributed by atoms with Crippen LogP contribution in [0, 0.1) is 0 Å². The molecule has 0 fully saturated rings. The van der Waals surface area contributed by atoms with Gasteiger partial charge in [0.15, 0.2) is 0 Å². The second-order valence-electron chi connectivity index (χ2n) is 7.83. The van der Waals surface area contributed by atoms with E-state index in [9.17, 15) is 0 Å². The minimum absolute atomic E-state index is 0.319. The van der Waals surface area contributed by atoms with Gasteiger partial charge in [-0.05, 0) is 60.6 Å². The maximum Gasteiger partial charge on any atom is 0.139 e. The Morgan fingerprint density at radius 3 is 2.71 bits per heavy atom. The summed E-state index contributed by atoms with van der Waals surface area (Å²) in [5.41, 5.74) is 8.06. The molecular weight excluding hydrogens is 388 g/mol. The predicted molar refractivity (Wildman–Crippen MR) is 121 cm³/mol. The molecule has 1 aliphatic carbocycles. The monoisotopic (exact) mass is 412 g/mol. The highest BCUT2D eigenvalue weighted by Crippen LogP contribution is 2.28. The lowest BCUT2D eigenvalue weighted by atomic mass is 9.95. The zero-order chi connectivity index (χ0) is 21.2. The molecule has 0 N–H and O–H groups in total. The number of nitrogens with zero attached hydrogens (tertiary/aromatic N) is 4. The van der Waals surface area contributed by atoms with Gasteiger partial charge in [0.1, 0.15) is 5.75 Å². The molecule has 1 unspecified atom stereocenters. The van der Waals surface area contributed by atoms with Crippen LogP contribution in [0.1, 0.15) is 36.1 Å². The first-order chi connectivity index (χ1) is 15.2. The van der Waals surface area contributed by atoms with Crippen molar-refractivity contribution in [3.63, 3.8) is 0 Å². The van der Waals surface area contributed by atoms with Crippen LogP contribution in [-0.2, 0) is 11.2 Å². The minimum atomic E-state index is 0.319. The van der Waals surface area contributed by atoms with Gasteiger partial charge < -0.3 is 9.47 Å². The summed E-state index contributed by atoms with van der Waals surface area (Å²) in [5, 5.41) is 0. The van der Waals surface area contributed by atoms with Crippen molar-refractivity contribution >= 4 is 27.6 Å². The van der Waals surface area contributed by atoms with Gasteiger partial charge in [-0.2, -0.15) is 0 Å². The Kier molecular flexibility index (Phi) is 5.30. The van der Waals surface area contributed by atoms with Gasteiger partial charge in [0.25, 0.3) is 0 Å². The van der Waals surface area contributed by atoms with Crippen molar-refractivity contribution in [1.29, 1.82) is 0 Å². The molecule has 0 saturated carbocycles. The molecule has 0 saturated heterocycles. The molecule has 1 aliphatic rings. The second-order valence-corrected chi connectivity index (χ2v) is 7.83. The quantitative estimate of drug-likeness (QED) is 0.471. The molecule has 5 rings (SSSR count). The number of methoxy groups -OCH3 is 2. The van der Waals surface area contributed by atoms with Crippen molar-refractivity contribution in [3.05, 3.63) is 71.8 Å². The third-order valence-electron chi connectivity index (χ3n) is 5.90. The molecule has 6 nitrogen and oxygen atoms in total. The molecule has 1 aromatic carbocycles. The molecule has 0 amide bonds. The van der Waals surface area contributed by atoms with Crippen LogP contribution in [0.4, 0.5) is 0 Å². The zero-order valence-corrected chi connectivity index (χ0v) is 17.7. The third-order valence-corrected chi connectivity index (χ3v) is 5.90. The lowest BCUT2D eigenvalue weighted by Crippen LogP contribution is -2.13. The maximum atomic E-state index is 5.45. The van der Waals surface area contributed by atoms with Crippen molar-refractivity contribution in [1.82, 2.24) is 19.9 Å². The minimum Gasteiger partial charge on any atom is -0.495 e. The van der Waals surface area contributed by atoms with E-state index in [4.69, 9.17) is 19.4 Å². The molecular formula is C25H24N4O2. The van der Waals surface area contributed by atoms with Crippen LogP contribution >= 0.6 is 0 Å². The summed E-state index contributed by atoms with van der Waals surface area (Å²) >= 11 is 0. The molecule has 3 heterocycles. The summed E-state index contributed by atoms with van der Waals surface area (Å²) in [7, 11) is 3.41. The van der Waals surface area contributed by atoms with Gasteiger partial charge >= 0.3 is 0 Å². The van der Waals surface area contributed by atoms with E-state index >= 15 is 0 Å². The van der Waals surface area contributed by atoms with E-state index < -0.39 is 0 Å². The summed E-state index contributed by atoms with van der Waals surface area (Å²) < 4.78 is 10.7. The van der Waals surface area contributed by atoms with Crippen LogP contribution < -0.4 is 4.74 Å². The molecule has 31 heavy (non-hydrogen) atoms. The number of hydrogen-bond acceptors (Lipinski definition) is 6. The molecule has 0 aliphatic heterocycles. The number of allylic oxidation sites excluding steroid dienone is 1. The van der Waals surface area contributed by atoms with Crippen LogP contribution in [0.15, 0.2) is 55.0 Å². The van der Waals surface area contributed by atoms with Crippen molar-refractivity contribution in [2.75, 3.05) is 14.2 Å². The van der Waals surface area contributed by atoms with Crippen molar-refractivity contribution < 1.29 is 9.47 Å². The van der Waals surface area contributed by atoms with Crippen LogP contribution in [0.25, 0.3) is 27.6 Å². The van der Waals surface area contributed by atoms with E-state index in [2.05, 4.69) is 34.2 Å². The fraction of sp³-hybridized carbons (Fsp3) is 0.280. The summed E-state index contributed by atoms with van der Waals surface area (Å²) in [5.74, 6) is 0.708. The number of aromatic nitrogens is 4. The molecule has 1 atom stereocenters. The maximum absolute atomic E-state index is 5.45. The van der Waals surface area contributed by atoms with E-state index in [0.29, 0.717) is 11.9 Å². The van der Waals surface area contributed by atoms with Crippen molar-refractivity contribution in [3.8, 4) is 5.75 Å². The zero-order valence-electron chi connectivity index (χ0n) is 17.7. The standard InChI is InChI=1S/C25H24N4O2/c1-30-19-6-4-17(5-7-19)24-15-27-22-12-16(3-8-21(22)29-24)11-18-9-10-26-23-13-20(31-2)14-28-25(18)23/h3-4,8-10,12-15,19H,5-7,11H2,1-2H3. The smallest absolute Gasteiger partial charge is 0.139 e. The number of fused-ring (bicyclic) bond motifs is 2. The Morgan fingerprint density at radius 1 is 0.968 bits per heavy atom. The molecule has 3 aromatic heterocycles. The first-order valence-electron chi connectivity index (χ1n) is 10.5. The average Bonchev–Trinajstić information content (AvgIpc) is 2.83. The number of ether oxygens (including phenoxy) is 2. The van der Waals surface area contributed by atoms with Gasteiger partial charge in [-0.15, -0.1) is 0 Å². The number of hydrogen-bond donors (Lipinski definition) is 0. The summed E-state index contributed by atoms with van der Waals surface area (Å²) in [6.45, 7) is 0. The fourth-order valence-electron chi connectivity index (χ4n) is 4.12. The number of pyridine rings is 2. The van der Waals surface area contributed by atoms with Gasteiger partial charge in [0, 0.05) is 19.4 Å². The molecule has 4 aromatic rings. The second kappa shape index (κ2) is 8.40. The Bertz CT molecular complexity index is 1290. The Balaban J connectivity index is 1.42. The lowest BCUT2D eigenvalue weighted by molar-refractivity contribution is 0.0964. The van der Waals surface area contributed by atoms with E-state index in [1.54, 1.807) is 20.4 Å². The van der Waals surface area contributed by atoms with Crippen LogP contribution in [-0.4, -0.2) is 40.3 Å². The first kappa shape index (κ1) is 19.6. The topological polar surface area (TPSA) is 70.0 Å². The summed E-state index contributed by atoms with van der Waals surface area (Å²) in [6.07, 6.45) is 11.7. The Labute approximate surface area is 181 Å². The molecule has 156 valence electrons.